The maximum atomic E-state index is 11.6. The molecule has 0 N–H and O–H groups in total. The van der Waals surface area contributed by atoms with Crippen LogP contribution in [0.5, 0.6) is 0 Å². The minimum absolute atomic E-state index is 0.830. The summed E-state index contributed by atoms with van der Waals surface area (Å²) in [7, 11) is 0. The maximum absolute atomic E-state index is 11.6. The van der Waals surface area contributed by atoms with Crippen molar-refractivity contribution >= 4 is 11.1 Å². The third-order valence-corrected chi connectivity index (χ3v) is 1.78. The van der Waals surface area contributed by atoms with Gasteiger partial charge in [-0.25, -0.2) is 4.39 Å². The molecule has 0 fully saturated rings. The average Bonchev–Trinajstić information content (AvgIpc) is 1.67. The minimum atomic E-state index is -2.30. The van der Waals surface area contributed by atoms with E-state index >= 15 is 0 Å². The van der Waals surface area contributed by atoms with Crippen molar-refractivity contribution in [2.45, 2.75) is 18.6 Å². The van der Waals surface area contributed by atoms with Gasteiger partial charge in [-0.3, -0.25) is 4.21 Å². The van der Waals surface area contributed by atoms with Crippen LogP contribution in [0.4, 0.5) is 4.39 Å². The second-order valence-electron chi connectivity index (χ2n) is 2.13. The lowest BCUT2D eigenvalue weighted by molar-refractivity contribution is 0.398. The maximum Gasteiger partial charge on any atom is 0.105 e. The van der Waals surface area contributed by atoms with E-state index in [1.165, 1.54) is 13.8 Å². The summed E-state index contributed by atoms with van der Waals surface area (Å²) in [6.07, 6.45) is 0. The quantitative estimate of drug-likeness (QED) is 0.526. The van der Waals surface area contributed by atoms with Crippen LogP contribution < -0.4 is 0 Å². The van der Waals surface area contributed by atoms with Crippen LogP contribution in [0.2, 0.25) is 0 Å². The van der Waals surface area contributed by atoms with Gasteiger partial charge in [0, 0.05) is 0 Å². The van der Waals surface area contributed by atoms with Crippen LogP contribution in [0.1, 0.15) is 13.8 Å². The predicted molar refractivity (Wildman–Crippen MR) is 29.0 cm³/mol. The normalized spacial score (nSPS) is 16.0. The van der Waals surface area contributed by atoms with Crippen molar-refractivity contribution in [1.29, 1.82) is 0 Å². The van der Waals surface area contributed by atoms with Crippen molar-refractivity contribution in [2.24, 2.45) is 0 Å². The molecule has 0 aliphatic carbocycles. The molecular formula is C4H8FO2S-. The number of alkyl halides is 1. The van der Waals surface area contributed by atoms with Crippen molar-refractivity contribution in [2.75, 3.05) is 6.67 Å². The molecule has 0 amide bonds. The van der Waals surface area contributed by atoms with E-state index in [9.17, 15) is 13.2 Å². The molecule has 0 spiro atoms. The third-order valence-electron chi connectivity index (χ3n) is 0.773. The van der Waals surface area contributed by atoms with Crippen molar-refractivity contribution in [3.8, 4) is 0 Å². The second-order valence-corrected chi connectivity index (χ2v) is 3.70. The van der Waals surface area contributed by atoms with E-state index in [1.807, 2.05) is 0 Å². The summed E-state index contributed by atoms with van der Waals surface area (Å²) >= 11 is -2.30. The van der Waals surface area contributed by atoms with Gasteiger partial charge in [-0.05, 0) is 24.9 Å². The molecule has 0 radical (unpaired) electrons. The molecule has 50 valence electrons. The topological polar surface area (TPSA) is 40.1 Å². The van der Waals surface area contributed by atoms with Crippen LogP contribution in [0.15, 0.2) is 0 Å². The Labute approximate surface area is 50.4 Å². The Morgan fingerprint density at radius 1 is 1.75 bits per heavy atom. The number of rotatable bonds is 2. The first kappa shape index (κ1) is 8.04. The Hall–Kier alpha value is 0.0400. The second kappa shape index (κ2) is 2.55. The molecule has 0 heterocycles. The van der Waals surface area contributed by atoms with Gasteiger partial charge in [-0.1, -0.05) is 0 Å². The van der Waals surface area contributed by atoms with E-state index < -0.39 is 22.5 Å². The summed E-state index contributed by atoms with van der Waals surface area (Å²) < 4.78 is 30.4. The van der Waals surface area contributed by atoms with Crippen LogP contribution in [0, 0.1) is 0 Å². The molecule has 0 saturated carbocycles. The molecule has 0 aromatic heterocycles. The van der Waals surface area contributed by atoms with Crippen molar-refractivity contribution in [3.63, 3.8) is 0 Å². The van der Waals surface area contributed by atoms with Crippen LogP contribution >= 0.6 is 0 Å². The molecule has 8 heavy (non-hydrogen) atoms. The highest BCUT2D eigenvalue weighted by Crippen LogP contribution is 2.09. The first-order valence-electron chi connectivity index (χ1n) is 2.16. The largest absolute Gasteiger partial charge is 0.772 e. The number of halogens is 1. The standard InChI is InChI=1S/C4H9FO2S/c1-4(2,3-5)8(6)7/h3H2,1-2H3,(H,6,7)/p-1. The SMILES string of the molecule is CC(C)(CF)S(=O)[O-]. The molecule has 0 saturated heterocycles. The van der Waals surface area contributed by atoms with E-state index in [0.717, 1.165) is 0 Å². The third kappa shape index (κ3) is 1.88. The zero-order chi connectivity index (χ0) is 6.78. The predicted octanol–water partition coefficient (Wildman–Crippen LogP) is 0.614. The average molecular weight is 139 g/mol. The summed E-state index contributed by atoms with van der Waals surface area (Å²) in [5.74, 6) is 0. The van der Waals surface area contributed by atoms with Crippen molar-refractivity contribution < 1.29 is 13.2 Å². The lowest BCUT2D eigenvalue weighted by Crippen LogP contribution is -2.28. The van der Waals surface area contributed by atoms with E-state index in [-0.39, 0.29) is 0 Å². The van der Waals surface area contributed by atoms with Gasteiger partial charge in [-0.15, -0.1) is 0 Å². The van der Waals surface area contributed by atoms with Crippen LogP contribution in [-0.4, -0.2) is 20.2 Å². The Bertz CT molecular complexity index is 102. The molecule has 0 rings (SSSR count). The lowest BCUT2D eigenvalue weighted by Gasteiger charge is -2.22. The Kier molecular flexibility index (Phi) is 2.56. The summed E-state index contributed by atoms with van der Waals surface area (Å²) in [4.78, 5) is 0. The lowest BCUT2D eigenvalue weighted by atomic mass is 10.2. The fraction of sp³-hybridized carbons (Fsp3) is 1.00. The molecule has 2 nitrogen and oxygen atoms in total. The van der Waals surface area contributed by atoms with E-state index in [4.69, 9.17) is 0 Å². The summed E-state index contributed by atoms with van der Waals surface area (Å²) in [6, 6.07) is 0. The summed E-state index contributed by atoms with van der Waals surface area (Å²) in [5, 5.41) is 0. The molecule has 0 aromatic carbocycles. The highest BCUT2D eigenvalue weighted by atomic mass is 32.2. The summed E-state index contributed by atoms with van der Waals surface area (Å²) in [5.41, 5.74) is 0. The van der Waals surface area contributed by atoms with E-state index in [1.54, 1.807) is 0 Å². The van der Waals surface area contributed by atoms with Crippen LogP contribution in [-0.2, 0) is 11.1 Å². The first-order chi connectivity index (χ1) is 3.50. The van der Waals surface area contributed by atoms with E-state index in [0.29, 0.717) is 0 Å². The molecule has 1 unspecified atom stereocenters. The minimum Gasteiger partial charge on any atom is -0.772 e. The number of hydrogen-bond donors (Lipinski definition) is 0. The van der Waals surface area contributed by atoms with Gasteiger partial charge in [-0.2, -0.15) is 0 Å². The van der Waals surface area contributed by atoms with Gasteiger partial charge in [0.25, 0.3) is 0 Å². The summed E-state index contributed by atoms with van der Waals surface area (Å²) in [6.45, 7) is 1.83. The zero-order valence-electron chi connectivity index (χ0n) is 4.81. The fourth-order valence-electron chi connectivity index (χ4n) is 0.0445. The zero-order valence-corrected chi connectivity index (χ0v) is 5.63. The van der Waals surface area contributed by atoms with Gasteiger partial charge in [0.2, 0.25) is 0 Å². The van der Waals surface area contributed by atoms with E-state index in [2.05, 4.69) is 0 Å². The van der Waals surface area contributed by atoms with Gasteiger partial charge >= 0.3 is 0 Å². The molecule has 0 bridgehead atoms. The fourth-order valence-corrected chi connectivity index (χ4v) is 0.134. The smallest absolute Gasteiger partial charge is 0.105 e. The van der Waals surface area contributed by atoms with Gasteiger partial charge < -0.3 is 4.55 Å². The first-order valence-corrected chi connectivity index (χ1v) is 3.23. The Morgan fingerprint density at radius 2 is 2.12 bits per heavy atom. The molecule has 1 atom stereocenters. The Morgan fingerprint density at radius 3 is 2.12 bits per heavy atom. The van der Waals surface area contributed by atoms with Crippen LogP contribution in [0.3, 0.4) is 0 Å². The highest BCUT2D eigenvalue weighted by molar-refractivity contribution is 7.80. The van der Waals surface area contributed by atoms with Crippen molar-refractivity contribution in [3.05, 3.63) is 0 Å². The molecule has 4 heteroatoms. The molecule has 0 aromatic rings. The monoisotopic (exact) mass is 139 g/mol. The molecule has 0 aliphatic heterocycles. The van der Waals surface area contributed by atoms with Gasteiger partial charge in [0.05, 0.1) is 4.75 Å². The van der Waals surface area contributed by atoms with Crippen molar-refractivity contribution in [1.82, 2.24) is 0 Å². The molecule has 0 aliphatic rings. The Balaban J connectivity index is 3.91. The highest BCUT2D eigenvalue weighted by Gasteiger charge is 2.17. The van der Waals surface area contributed by atoms with Gasteiger partial charge in [0.1, 0.15) is 6.67 Å². The number of hydrogen-bond acceptors (Lipinski definition) is 2. The molecular weight excluding hydrogens is 131 g/mol. The van der Waals surface area contributed by atoms with Gasteiger partial charge in [0.15, 0.2) is 0 Å². The van der Waals surface area contributed by atoms with Crippen LogP contribution in [0.25, 0.3) is 0 Å².